The highest BCUT2D eigenvalue weighted by Crippen LogP contribution is 2.36. The van der Waals surface area contributed by atoms with E-state index >= 15 is 0 Å². The van der Waals surface area contributed by atoms with Gasteiger partial charge in [0.05, 0.1) is 24.8 Å². The van der Waals surface area contributed by atoms with Gasteiger partial charge in [-0.2, -0.15) is 9.57 Å². The van der Waals surface area contributed by atoms with Crippen LogP contribution in [0.25, 0.3) is 11.1 Å². The van der Waals surface area contributed by atoms with E-state index in [1.54, 1.807) is 55.3 Å². The lowest BCUT2D eigenvalue weighted by Gasteiger charge is -2.37. The van der Waals surface area contributed by atoms with Crippen molar-refractivity contribution in [2.24, 2.45) is 5.92 Å². The van der Waals surface area contributed by atoms with Crippen LogP contribution in [0.2, 0.25) is 0 Å². The molecule has 3 atom stereocenters. The first-order valence-electron chi connectivity index (χ1n) is 10.7. The molecule has 2 aromatic rings. The molecule has 176 valence electrons. The Kier molecular flexibility index (Phi) is 7.42. The number of amides is 1. The summed E-state index contributed by atoms with van der Waals surface area (Å²) in [5, 5.41) is 18.8. The van der Waals surface area contributed by atoms with Gasteiger partial charge in [-0.05, 0) is 42.3 Å². The molecule has 0 aromatic heterocycles. The van der Waals surface area contributed by atoms with Gasteiger partial charge >= 0.3 is 0 Å². The van der Waals surface area contributed by atoms with Crippen LogP contribution in [-0.2, 0) is 14.8 Å². The van der Waals surface area contributed by atoms with E-state index in [2.05, 4.69) is 6.07 Å². The number of aliphatic hydroxyl groups is 1. The lowest BCUT2D eigenvalue weighted by molar-refractivity contribution is -0.129. The van der Waals surface area contributed by atoms with Crippen molar-refractivity contribution in [3.63, 3.8) is 0 Å². The van der Waals surface area contributed by atoms with Crippen molar-refractivity contribution in [1.82, 2.24) is 9.21 Å². The topological polar surface area (TPSA) is 111 Å². The molecule has 9 heteroatoms. The monoisotopic (exact) mass is 471 g/mol. The SMILES string of the molecule is CC(=O)N(C)C[C@H]1Oc2cc(-c3ccc(C#N)cc3)ccc2S(=O)(=O)N([C@@H](C)CO)C[C@H]1C. The molecule has 1 N–H and O–H groups in total. The standard InChI is InChI=1S/C24H29N3O5S/c1-16-13-27(17(2)15-28)33(30,31)24-10-9-21(20-7-5-19(12-25)6-8-20)11-22(24)32-23(16)14-26(4)18(3)29/h5-11,16-17,23,28H,13-15H2,1-4H3/t16-,17+,23-/m1/s1. The second kappa shape index (κ2) is 9.91. The predicted molar refractivity (Wildman–Crippen MR) is 124 cm³/mol. The molecule has 33 heavy (non-hydrogen) atoms. The normalized spacial score (nSPS) is 21.0. The van der Waals surface area contributed by atoms with Gasteiger partial charge in [0, 0.05) is 32.5 Å². The number of rotatable bonds is 5. The molecule has 0 bridgehead atoms. The van der Waals surface area contributed by atoms with Gasteiger partial charge in [0.2, 0.25) is 15.9 Å². The molecule has 0 spiro atoms. The number of benzene rings is 2. The maximum atomic E-state index is 13.5. The van der Waals surface area contributed by atoms with Gasteiger partial charge in [-0.15, -0.1) is 0 Å². The molecule has 0 radical (unpaired) electrons. The Morgan fingerprint density at radius 1 is 1.27 bits per heavy atom. The molecular formula is C24H29N3O5S. The number of sulfonamides is 1. The number of carbonyl (C=O) groups excluding carboxylic acids is 1. The van der Waals surface area contributed by atoms with E-state index < -0.39 is 22.2 Å². The first-order chi connectivity index (χ1) is 15.6. The van der Waals surface area contributed by atoms with Gasteiger partial charge in [0.15, 0.2) is 0 Å². The van der Waals surface area contributed by atoms with Crippen molar-refractivity contribution >= 4 is 15.9 Å². The number of ether oxygens (including phenoxy) is 1. The Hall–Kier alpha value is -2.93. The largest absolute Gasteiger partial charge is 0.487 e. The van der Waals surface area contributed by atoms with Gasteiger partial charge < -0.3 is 14.7 Å². The van der Waals surface area contributed by atoms with Crippen molar-refractivity contribution in [1.29, 1.82) is 5.26 Å². The van der Waals surface area contributed by atoms with E-state index in [1.165, 1.54) is 17.3 Å². The van der Waals surface area contributed by atoms with Crippen LogP contribution >= 0.6 is 0 Å². The van der Waals surface area contributed by atoms with E-state index in [4.69, 9.17) is 10.00 Å². The minimum Gasteiger partial charge on any atom is -0.487 e. The molecule has 0 fully saturated rings. The Bertz CT molecular complexity index is 1160. The molecule has 3 rings (SSSR count). The molecule has 2 aromatic carbocycles. The minimum absolute atomic E-state index is 0.0163. The number of hydrogen-bond donors (Lipinski definition) is 1. The van der Waals surface area contributed by atoms with Crippen LogP contribution < -0.4 is 4.74 Å². The average molecular weight is 472 g/mol. The van der Waals surface area contributed by atoms with Gasteiger partial charge in [0.25, 0.3) is 0 Å². The smallest absolute Gasteiger partial charge is 0.247 e. The van der Waals surface area contributed by atoms with E-state index in [-0.39, 0.29) is 35.6 Å². The van der Waals surface area contributed by atoms with Crippen LogP contribution in [0.15, 0.2) is 47.4 Å². The third-order valence-electron chi connectivity index (χ3n) is 6.01. The second-order valence-electron chi connectivity index (χ2n) is 8.49. The lowest BCUT2D eigenvalue weighted by Crippen LogP contribution is -2.50. The number of fused-ring (bicyclic) bond motifs is 1. The fourth-order valence-corrected chi connectivity index (χ4v) is 5.58. The third-order valence-corrected chi connectivity index (χ3v) is 8.03. The highest BCUT2D eigenvalue weighted by atomic mass is 32.2. The highest BCUT2D eigenvalue weighted by Gasteiger charge is 2.38. The van der Waals surface area contributed by atoms with Gasteiger partial charge in [0.1, 0.15) is 16.7 Å². The maximum absolute atomic E-state index is 13.5. The van der Waals surface area contributed by atoms with E-state index in [0.29, 0.717) is 12.1 Å². The molecule has 0 aliphatic carbocycles. The Morgan fingerprint density at radius 2 is 1.91 bits per heavy atom. The van der Waals surface area contributed by atoms with Crippen LogP contribution in [0, 0.1) is 17.2 Å². The summed E-state index contributed by atoms with van der Waals surface area (Å²) in [7, 11) is -2.26. The first kappa shape index (κ1) is 24.7. The summed E-state index contributed by atoms with van der Waals surface area (Å²) in [6.07, 6.45) is -0.460. The second-order valence-corrected chi connectivity index (χ2v) is 10.3. The number of carbonyl (C=O) groups is 1. The summed E-state index contributed by atoms with van der Waals surface area (Å²) in [4.78, 5) is 13.4. The number of nitrogens with zero attached hydrogens (tertiary/aromatic N) is 3. The summed E-state index contributed by atoms with van der Waals surface area (Å²) in [6, 6.07) is 13.3. The van der Waals surface area contributed by atoms with Crippen molar-refractivity contribution in [2.45, 2.75) is 37.8 Å². The summed E-state index contributed by atoms with van der Waals surface area (Å²) >= 11 is 0. The van der Waals surface area contributed by atoms with E-state index in [1.807, 2.05) is 6.92 Å². The molecule has 1 aliphatic rings. The van der Waals surface area contributed by atoms with Crippen molar-refractivity contribution < 1.29 is 23.1 Å². The average Bonchev–Trinajstić information content (AvgIpc) is 2.80. The Balaban J connectivity index is 2.13. The molecule has 1 amide bonds. The number of aliphatic hydroxyl groups excluding tert-OH is 1. The zero-order chi connectivity index (χ0) is 24.3. The summed E-state index contributed by atoms with van der Waals surface area (Å²) < 4.78 is 34.6. The Labute approximate surface area is 195 Å². The fourth-order valence-electron chi connectivity index (χ4n) is 3.76. The number of likely N-dealkylation sites (N-methyl/N-ethyl adjacent to an activating group) is 1. The van der Waals surface area contributed by atoms with Crippen LogP contribution in [0.1, 0.15) is 26.3 Å². The summed E-state index contributed by atoms with van der Waals surface area (Å²) in [5.74, 6) is -0.171. The predicted octanol–water partition coefficient (Wildman–Crippen LogP) is 2.47. The van der Waals surface area contributed by atoms with E-state index in [9.17, 15) is 18.3 Å². The molecule has 0 unspecified atom stereocenters. The van der Waals surface area contributed by atoms with Crippen LogP contribution in [0.4, 0.5) is 0 Å². The molecule has 8 nitrogen and oxygen atoms in total. The quantitative estimate of drug-likeness (QED) is 0.717. The Morgan fingerprint density at radius 3 is 2.48 bits per heavy atom. The minimum atomic E-state index is -3.94. The van der Waals surface area contributed by atoms with Crippen molar-refractivity contribution in [3.05, 3.63) is 48.0 Å². The highest BCUT2D eigenvalue weighted by molar-refractivity contribution is 7.89. The third kappa shape index (κ3) is 5.19. The fraction of sp³-hybridized carbons (Fsp3) is 0.417. The van der Waals surface area contributed by atoms with Gasteiger partial charge in [-0.25, -0.2) is 8.42 Å². The molecule has 1 heterocycles. The zero-order valence-corrected chi connectivity index (χ0v) is 20.0. The van der Waals surface area contributed by atoms with Crippen LogP contribution in [-0.4, -0.2) is 67.5 Å². The maximum Gasteiger partial charge on any atom is 0.247 e. The molecule has 0 saturated heterocycles. The van der Waals surface area contributed by atoms with Crippen LogP contribution in [0.3, 0.4) is 0 Å². The summed E-state index contributed by atoms with van der Waals surface area (Å²) in [6.45, 7) is 5.13. The van der Waals surface area contributed by atoms with Gasteiger partial charge in [-0.1, -0.05) is 25.1 Å². The van der Waals surface area contributed by atoms with Crippen molar-refractivity contribution in [3.8, 4) is 22.9 Å². The number of hydrogen-bond acceptors (Lipinski definition) is 6. The van der Waals surface area contributed by atoms with Gasteiger partial charge in [-0.3, -0.25) is 4.79 Å². The van der Waals surface area contributed by atoms with E-state index in [0.717, 1.165) is 11.1 Å². The first-order valence-corrected chi connectivity index (χ1v) is 12.2. The molecule has 0 saturated carbocycles. The number of nitriles is 1. The van der Waals surface area contributed by atoms with Crippen LogP contribution in [0.5, 0.6) is 5.75 Å². The molecular weight excluding hydrogens is 442 g/mol. The summed E-state index contributed by atoms with van der Waals surface area (Å²) in [5.41, 5.74) is 2.08. The lowest BCUT2D eigenvalue weighted by atomic mass is 10.0. The zero-order valence-electron chi connectivity index (χ0n) is 19.2. The van der Waals surface area contributed by atoms with Crippen molar-refractivity contribution in [2.75, 3.05) is 26.7 Å². The molecule has 1 aliphatic heterocycles.